The Morgan fingerprint density at radius 1 is 1.20 bits per heavy atom. The molecule has 2 aromatic rings. The van der Waals surface area contributed by atoms with Crippen LogP contribution in [0.4, 0.5) is 0 Å². The first-order chi connectivity index (χ1) is 12.1. The van der Waals surface area contributed by atoms with Gasteiger partial charge >= 0.3 is 0 Å². The highest BCUT2D eigenvalue weighted by Crippen LogP contribution is 2.20. The molecule has 1 aromatic carbocycles. The van der Waals surface area contributed by atoms with E-state index in [1.807, 2.05) is 26.0 Å². The normalized spacial score (nSPS) is 15.3. The van der Waals surface area contributed by atoms with Gasteiger partial charge in [0.1, 0.15) is 5.69 Å². The highest BCUT2D eigenvalue weighted by atomic mass is 16.5. The second kappa shape index (κ2) is 7.78. The lowest BCUT2D eigenvalue weighted by molar-refractivity contribution is 0.0917. The van der Waals surface area contributed by atoms with Crippen molar-refractivity contribution in [1.29, 1.82) is 0 Å². The summed E-state index contributed by atoms with van der Waals surface area (Å²) in [4.78, 5) is 12.7. The Kier molecular flexibility index (Phi) is 5.48. The second-order valence-electron chi connectivity index (χ2n) is 6.88. The van der Waals surface area contributed by atoms with Gasteiger partial charge in [-0.25, -0.2) is 4.68 Å². The molecule has 0 spiro atoms. The van der Waals surface area contributed by atoms with Crippen molar-refractivity contribution in [2.75, 3.05) is 7.11 Å². The Balaban J connectivity index is 1.89. The predicted octanol–water partition coefficient (Wildman–Crippen LogP) is 3.09. The van der Waals surface area contributed by atoms with Crippen LogP contribution < -0.4 is 5.32 Å². The average molecular weight is 342 g/mol. The van der Waals surface area contributed by atoms with Crippen molar-refractivity contribution in [1.82, 2.24) is 20.3 Å². The molecule has 1 saturated carbocycles. The van der Waals surface area contributed by atoms with Crippen LogP contribution in [0.25, 0.3) is 5.69 Å². The van der Waals surface area contributed by atoms with Gasteiger partial charge < -0.3 is 10.1 Å². The van der Waals surface area contributed by atoms with Crippen molar-refractivity contribution in [3.8, 4) is 5.69 Å². The molecular formula is C19H26N4O2. The highest BCUT2D eigenvalue weighted by Gasteiger charge is 2.23. The van der Waals surface area contributed by atoms with Crippen LogP contribution in [0.1, 0.15) is 59.4 Å². The number of carbonyl (C=O) groups excluding carboxylic acids is 1. The molecule has 3 rings (SSSR count). The number of ether oxygens (including phenoxy) is 1. The van der Waals surface area contributed by atoms with E-state index in [0.29, 0.717) is 11.4 Å². The van der Waals surface area contributed by atoms with E-state index >= 15 is 0 Å². The molecule has 1 amide bonds. The zero-order valence-corrected chi connectivity index (χ0v) is 15.2. The van der Waals surface area contributed by atoms with Gasteiger partial charge in [0.2, 0.25) is 0 Å². The molecule has 0 unspecified atom stereocenters. The van der Waals surface area contributed by atoms with Crippen LogP contribution in [-0.2, 0) is 11.3 Å². The van der Waals surface area contributed by atoms with Crippen molar-refractivity contribution in [2.45, 2.75) is 58.6 Å². The summed E-state index contributed by atoms with van der Waals surface area (Å²) in [5, 5.41) is 11.5. The third-order valence-electron chi connectivity index (χ3n) is 4.65. The van der Waals surface area contributed by atoms with E-state index in [1.54, 1.807) is 11.8 Å². The van der Waals surface area contributed by atoms with Gasteiger partial charge in [-0.05, 0) is 49.9 Å². The Hall–Kier alpha value is -2.21. The number of rotatable bonds is 5. The number of nitrogens with one attached hydrogen (secondary N) is 1. The molecule has 25 heavy (non-hydrogen) atoms. The SMILES string of the molecule is COCc1c(C(=O)NC2CCCCC2)nnn1-c1cc(C)cc(C)c1. The first kappa shape index (κ1) is 17.6. The van der Waals surface area contributed by atoms with Crippen molar-refractivity contribution >= 4 is 5.91 Å². The molecule has 0 radical (unpaired) electrons. The Bertz CT molecular complexity index is 728. The van der Waals surface area contributed by atoms with Gasteiger partial charge in [-0.1, -0.05) is 30.5 Å². The molecule has 1 N–H and O–H groups in total. The van der Waals surface area contributed by atoms with Crippen molar-refractivity contribution in [3.05, 3.63) is 40.7 Å². The largest absolute Gasteiger partial charge is 0.378 e. The van der Waals surface area contributed by atoms with Crippen molar-refractivity contribution in [2.24, 2.45) is 0 Å². The zero-order valence-electron chi connectivity index (χ0n) is 15.2. The minimum absolute atomic E-state index is 0.158. The zero-order chi connectivity index (χ0) is 17.8. The summed E-state index contributed by atoms with van der Waals surface area (Å²) in [6.45, 7) is 4.37. The van der Waals surface area contributed by atoms with Gasteiger partial charge in [0.25, 0.3) is 5.91 Å². The standard InChI is InChI=1S/C19H26N4O2/c1-13-9-14(2)11-16(10-13)23-17(12-25-3)18(21-22-23)19(24)20-15-7-5-4-6-8-15/h9-11,15H,4-8,12H2,1-3H3,(H,20,24). The third kappa shape index (κ3) is 4.07. The Morgan fingerprint density at radius 2 is 1.88 bits per heavy atom. The number of nitrogens with zero attached hydrogens (tertiary/aromatic N) is 3. The third-order valence-corrected chi connectivity index (χ3v) is 4.65. The summed E-state index contributed by atoms with van der Waals surface area (Å²) in [6.07, 6.45) is 5.67. The summed E-state index contributed by atoms with van der Waals surface area (Å²) >= 11 is 0. The fourth-order valence-corrected chi connectivity index (χ4v) is 3.53. The van der Waals surface area contributed by atoms with Crippen LogP contribution in [-0.4, -0.2) is 34.1 Å². The second-order valence-corrected chi connectivity index (χ2v) is 6.88. The van der Waals surface area contributed by atoms with Gasteiger partial charge in [-0.3, -0.25) is 4.79 Å². The molecule has 1 aromatic heterocycles. The van der Waals surface area contributed by atoms with E-state index < -0.39 is 0 Å². The number of carbonyl (C=O) groups is 1. The highest BCUT2D eigenvalue weighted by molar-refractivity contribution is 5.93. The quantitative estimate of drug-likeness (QED) is 0.906. The van der Waals surface area contributed by atoms with Crippen LogP contribution in [0.3, 0.4) is 0 Å². The Labute approximate surface area is 148 Å². The van der Waals surface area contributed by atoms with E-state index in [9.17, 15) is 4.79 Å². The van der Waals surface area contributed by atoms with E-state index in [4.69, 9.17) is 4.74 Å². The van der Waals surface area contributed by atoms with Gasteiger partial charge in [-0.2, -0.15) is 0 Å². The van der Waals surface area contributed by atoms with E-state index in [-0.39, 0.29) is 18.6 Å². The van der Waals surface area contributed by atoms with Crippen LogP contribution in [0.15, 0.2) is 18.2 Å². The van der Waals surface area contributed by atoms with Crippen molar-refractivity contribution < 1.29 is 9.53 Å². The maximum atomic E-state index is 12.7. The monoisotopic (exact) mass is 342 g/mol. The molecule has 0 bridgehead atoms. The molecule has 1 aliphatic carbocycles. The predicted molar refractivity (Wildman–Crippen MR) is 95.9 cm³/mol. The van der Waals surface area contributed by atoms with E-state index in [1.165, 1.54) is 19.3 Å². The molecule has 134 valence electrons. The van der Waals surface area contributed by atoms with Crippen LogP contribution in [0, 0.1) is 13.8 Å². The summed E-state index contributed by atoms with van der Waals surface area (Å²) < 4.78 is 7.02. The summed E-state index contributed by atoms with van der Waals surface area (Å²) in [7, 11) is 1.61. The lowest BCUT2D eigenvalue weighted by Gasteiger charge is -2.22. The smallest absolute Gasteiger partial charge is 0.274 e. The maximum Gasteiger partial charge on any atom is 0.274 e. The summed E-state index contributed by atoms with van der Waals surface area (Å²) in [6, 6.07) is 6.41. The Morgan fingerprint density at radius 3 is 2.52 bits per heavy atom. The molecule has 1 heterocycles. The first-order valence-corrected chi connectivity index (χ1v) is 8.91. The molecule has 0 aliphatic heterocycles. The van der Waals surface area contributed by atoms with Gasteiger partial charge in [0, 0.05) is 13.2 Å². The molecule has 1 aliphatic rings. The molecule has 0 saturated heterocycles. The lowest BCUT2D eigenvalue weighted by Crippen LogP contribution is -2.36. The minimum atomic E-state index is -0.158. The lowest BCUT2D eigenvalue weighted by atomic mass is 9.95. The molecular weight excluding hydrogens is 316 g/mol. The van der Waals surface area contributed by atoms with Crippen molar-refractivity contribution in [3.63, 3.8) is 0 Å². The van der Waals surface area contributed by atoms with Gasteiger partial charge in [0.05, 0.1) is 12.3 Å². The summed E-state index contributed by atoms with van der Waals surface area (Å²) in [5.74, 6) is -0.158. The van der Waals surface area contributed by atoms with Crippen LogP contribution in [0.5, 0.6) is 0 Å². The number of amides is 1. The minimum Gasteiger partial charge on any atom is -0.378 e. The number of hydrogen-bond donors (Lipinski definition) is 1. The maximum absolute atomic E-state index is 12.7. The number of hydrogen-bond acceptors (Lipinski definition) is 4. The van der Waals surface area contributed by atoms with Crippen LogP contribution in [0.2, 0.25) is 0 Å². The van der Waals surface area contributed by atoms with Gasteiger partial charge in [-0.15, -0.1) is 5.10 Å². The number of methoxy groups -OCH3 is 1. The molecule has 0 atom stereocenters. The average Bonchev–Trinajstić information content (AvgIpc) is 2.99. The number of benzene rings is 1. The molecule has 6 heteroatoms. The van der Waals surface area contributed by atoms with Crippen LogP contribution >= 0.6 is 0 Å². The molecule has 6 nitrogen and oxygen atoms in total. The number of aryl methyl sites for hydroxylation is 2. The van der Waals surface area contributed by atoms with E-state index in [0.717, 1.165) is 29.7 Å². The number of aromatic nitrogens is 3. The topological polar surface area (TPSA) is 69.0 Å². The van der Waals surface area contributed by atoms with E-state index in [2.05, 4.69) is 21.7 Å². The fourth-order valence-electron chi connectivity index (χ4n) is 3.53. The molecule has 1 fully saturated rings. The summed E-state index contributed by atoms with van der Waals surface area (Å²) in [5.41, 5.74) is 4.21. The van der Waals surface area contributed by atoms with Gasteiger partial charge in [0.15, 0.2) is 5.69 Å². The fraction of sp³-hybridized carbons (Fsp3) is 0.526. The first-order valence-electron chi connectivity index (χ1n) is 8.91.